The lowest BCUT2D eigenvalue weighted by atomic mass is 10.2. The number of benzene rings is 3. The Morgan fingerprint density at radius 2 is 1.71 bits per heavy atom. The number of nitrogens with zero attached hydrogens (tertiary/aromatic N) is 1. The van der Waals surface area contributed by atoms with Crippen LogP contribution in [0.5, 0.6) is 17.2 Å². The molecule has 0 radical (unpaired) electrons. The van der Waals surface area contributed by atoms with Crippen LogP contribution in [-0.2, 0) is 10.1 Å². The maximum absolute atomic E-state index is 12.4. The summed E-state index contributed by atoms with van der Waals surface area (Å²) in [6, 6.07) is 14.7. The number of hydrogen-bond donors (Lipinski definition) is 1. The van der Waals surface area contributed by atoms with Crippen molar-refractivity contribution in [3.05, 3.63) is 81.8 Å². The van der Waals surface area contributed by atoms with Crippen molar-refractivity contribution in [2.45, 2.75) is 11.8 Å². The van der Waals surface area contributed by atoms with Crippen LogP contribution >= 0.6 is 23.2 Å². The van der Waals surface area contributed by atoms with Gasteiger partial charge >= 0.3 is 10.1 Å². The molecule has 0 fully saturated rings. The van der Waals surface area contributed by atoms with Crippen LogP contribution in [0.1, 0.15) is 22.8 Å². The van der Waals surface area contributed by atoms with E-state index in [0.717, 1.165) is 0 Å². The van der Waals surface area contributed by atoms with Gasteiger partial charge in [0.1, 0.15) is 4.90 Å². The zero-order chi connectivity index (χ0) is 24.7. The molecule has 0 bridgehead atoms. The molecule has 34 heavy (non-hydrogen) atoms. The molecule has 0 heterocycles. The highest BCUT2D eigenvalue weighted by Crippen LogP contribution is 2.29. The van der Waals surface area contributed by atoms with E-state index in [4.69, 9.17) is 36.9 Å². The van der Waals surface area contributed by atoms with Crippen LogP contribution in [0.25, 0.3) is 0 Å². The summed E-state index contributed by atoms with van der Waals surface area (Å²) in [5.74, 6) is 0.437. The highest BCUT2D eigenvalue weighted by atomic mass is 35.5. The van der Waals surface area contributed by atoms with E-state index < -0.39 is 16.0 Å². The van der Waals surface area contributed by atoms with E-state index in [-0.39, 0.29) is 15.7 Å². The summed E-state index contributed by atoms with van der Waals surface area (Å²) < 4.78 is 40.6. The minimum Gasteiger partial charge on any atom is -0.493 e. The molecule has 3 rings (SSSR count). The van der Waals surface area contributed by atoms with Crippen molar-refractivity contribution < 1.29 is 26.9 Å². The largest absolute Gasteiger partial charge is 0.493 e. The molecule has 0 aliphatic rings. The Hall–Kier alpha value is -3.27. The predicted octanol–water partition coefficient (Wildman–Crippen LogP) is 4.93. The van der Waals surface area contributed by atoms with Crippen LogP contribution in [0, 0.1) is 0 Å². The number of nitrogens with one attached hydrogen (secondary N) is 1. The van der Waals surface area contributed by atoms with Crippen molar-refractivity contribution in [1.82, 2.24) is 5.43 Å². The van der Waals surface area contributed by atoms with E-state index in [1.165, 1.54) is 55.8 Å². The summed E-state index contributed by atoms with van der Waals surface area (Å²) in [6.07, 6.45) is 1.35. The standard InChI is InChI=1S/C23H20Cl2N2O6S/c1-3-32-21-11-5-16(13-22(21)31-2)23(28)27-26-14-15-4-10-20(19(25)12-15)33-34(29,30)18-8-6-17(24)7-9-18/h4-14H,3H2,1-2H3,(H,27,28)/b26-14+. The third-order valence-corrected chi connectivity index (χ3v) is 6.16. The lowest BCUT2D eigenvalue weighted by molar-refractivity contribution is 0.0954. The highest BCUT2D eigenvalue weighted by molar-refractivity contribution is 7.87. The topological polar surface area (TPSA) is 103 Å². The number of ether oxygens (including phenoxy) is 2. The molecule has 1 amide bonds. The first-order valence-electron chi connectivity index (χ1n) is 9.87. The molecule has 0 unspecified atom stereocenters. The second-order valence-corrected chi connectivity index (χ2v) is 9.07. The fourth-order valence-corrected chi connectivity index (χ4v) is 4.09. The second-order valence-electron chi connectivity index (χ2n) is 6.68. The number of amides is 1. The van der Waals surface area contributed by atoms with Crippen molar-refractivity contribution in [2.24, 2.45) is 5.10 Å². The quantitative estimate of drug-likeness (QED) is 0.242. The molecule has 11 heteroatoms. The first-order valence-corrected chi connectivity index (χ1v) is 12.0. The zero-order valence-corrected chi connectivity index (χ0v) is 20.4. The molecular weight excluding hydrogens is 503 g/mol. The third kappa shape index (κ3) is 6.40. The van der Waals surface area contributed by atoms with Crippen LogP contribution in [0.3, 0.4) is 0 Å². The van der Waals surface area contributed by atoms with Gasteiger partial charge < -0.3 is 13.7 Å². The minimum absolute atomic E-state index is 0.0454. The van der Waals surface area contributed by atoms with Gasteiger partial charge in [-0.15, -0.1) is 0 Å². The Kier molecular flexibility index (Phi) is 8.38. The first kappa shape index (κ1) is 25.4. The van der Waals surface area contributed by atoms with Crippen LogP contribution in [0.4, 0.5) is 0 Å². The van der Waals surface area contributed by atoms with Gasteiger partial charge in [-0.3, -0.25) is 4.79 Å². The molecule has 8 nitrogen and oxygen atoms in total. The van der Waals surface area contributed by atoms with Crippen molar-refractivity contribution >= 4 is 45.4 Å². The van der Waals surface area contributed by atoms with Gasteiger partial charge in [0.2, 0.25) is 0 Å². The smallest absolute Gasteiger partial charge is 0.339 e. The summed E-state index contributed by atoms with van der Waals surface area (Å²) in [5.41, 5.74) is 3.23. The van der Waals surface area contributed by atoms with E-state index in [1.807, 2.05) is 6.92 Å². The lowest BCUT2D eigenvalue weighted by Crippen LogP contribution is -2.17. The SMILES string of the molecule is CCOc1ccc(C(=O)N/N=C/c2ccc(OS(=O)(=O)c3ccc(Cl)cc3)c(Cl)c2)cc1OC. The Morgan fingerprint density at radius 1 is 1.00 bits per heavy atom. The van der Waals surface area contributed by atoms with Crippen LogP contribution < -0.4 is 19.1 Å². The van der Waals surface area contributed by atoms with Gasteiger partial charge in [0.15, 0.2) is 17.2 Å². The number of carbonyl (C=O) groups is 1. The van der Waals surface area contributed by atoms with Crippen LogP contribution in [0.2, 0.25) is 10.0 Å². The van der Waals surface area contributed by atoms with Gasteiger partial charge in [-0.1, -0.05) is 23.2 Å². The Balaban J connectivity index is 1.66. The van der Waals surface area contributed by atoms with Gasteiger partial charge in [0.25, 0.3) is 5.91 Å². The number of rotatable bonds is 9. The van der Waals surface area contributed by atoms with Gasteiger partial charge in [-0.05, 0) is 73.2 Å². The maximum atomic E-state index is 12.4. The average Bonchev–Trinajstić information content (AvgIpc) is 2.81. The molecular formula is C23H20Cl2N2O6S. The maximum Gasteiger partial charge on any atom is 0.339 e. The second kappa shape index (κ2) is 11.2. The molecule has 3 aromatic carbocycles. The van der Waals surface area contributed by atoms with E-state index in [0.29, 0.717) is 34.3 Å². The van der Waals surface area contributed by atoms with Crippen LogP contribution in [-0.4, -0.2) is 34.3 Å². The predicted molar refractivity (Wildman–Crippen MR) is 130 cm³/mol. The van der Waals surface area contributed by atoms with Gasteiger partial charge in [0.05, 0.1) is 25.0 Å². The number of hydrazone groups is 1. The number of carbonyl (C=O) groups excluding carboxylic acids is 1. The molecule has 0 spiro atoms. The number of methoxy groups -OCH3 is 1. The highest BCUT2D eigenvalue weighted by Gasteiger charge is 2.18. The summed E-state index contributed by atoms with van der Waals surface area (Å²) in [6.45, 7) is 2.31. The summed E-state index contributed by atoms with van der Waals surface area (Å²) in [5, 5.41) is 4.35. The molecule has 0 aliphatic heterocycles. The molecule has 178 valence electrons. The molecule has 0 atom stereocenters. The lowest BCUT2D eigenvalue weighted by Gasteiger charge is -2.10. The molecule has 0 aliphatic carbocycles. The monoisotopic (exact) mass is 522 g/mol. The first-order chi connectivity index (χ1) is 16.2. The van der Waals surface area contributed by atoms with E-state index >= 15 is 0 Å². The zero-order valence-electron chi connectivity index (χ0n) is 18.1. The fourth-order valence-electron chi connectivity index (χ4n) is 2.75. The van der Waals surface area contributed by atoms with Gasteiger partial charge in [0, 0.05) is 10.6 Å². The van der Waals surface area contributed by atoms with Gasteiger partial charge in [-0.2, -0.15) is 13.5 Å². The third-order valence-electron chi connectivity index (χ3n) is 4.36. The Morgan fingerprint density at radius 3 is 2.35 bits per heavy atom. The molecule has 0 saturated carbocycles. The van der Waals surface area contributed by atoms with E-state index in [1.54, 1.807) is 18.2 Å². The summed E-state index contributed by atoms with van der Waals surface area (Å²) in [7, 11) is -2.61. The summed E-state index contributed by atoms with van der Waals surface area (Å²) >= 11 is 12.0. The van der Waals surface area contributed by atoms with Crippen molar-refractivity contribution in [3.8, 4) is 17.2 Å². The number of hydrogen-bond acceptors (Lipinski definition) is 7. The Labute approximate surface area is 207 Å². The summed E-state index contributed by atoms with van der Waals surface area (Å²) in [4.78, 5) is 12.3. The van der Waals surface area contributed by atoms with Crippen LogP contribution in [0.15, 0.2) is 70.7 Å². The normalized spacial score (nSPS) is 11.3. The average molecular weight is 523 g/mol. The van der Waals surface area contributed by atoms with Crippen molar-refractivity contribution in [3.63, 3.8) is 0 Å². The van der Waals surface area contributed by atoms with E-state index in [9.17, 15) is 13.2 Å². The minimum atomic E-state index is -4.09. The van der Waals surface area contributed by atoms with E-state index in [2.05, 4.69) is 10.5 Å². The number of halogens is 2. The van der Waals surface area contributed by atoms with Crippen molar-refractivity contribution in [1.29, 1.82) is 0 Å². The molecule has 0 saturated heterocycles. The fraction of sp³-hybridized carbons (Fsp3) is 0.130. The molecule has 1 N–H and O–H groups in total. The van der Waals surface area contributed by atoms with Gasteiger partial charge in [-0.25, -0.2) is 5.43 Å². The van der Waals surface area contributed by atoms with Crippen molar-refractivity contribution in [2.75, 3.05) is 13.7 Å². The molecule has 3 aromatic rings. The Bertz CT molecular complexity index is 1310. The molecule has 0 aromatic heterocycles.